The van der Waals surface area contributed by atoms with Crippen LogP contribution in [0.1, 0.15) is 0 Å². The molecule has 3 heterocycles. The van der Waals surface area contributed by atoms with Crippen LogP contribution in [0.2, 0.25) is 0 Å². The van der Waals surface area contributed by atoms with Crippen molar-refractivity contribution >= 4 is 92.2 Å². The number of anilines is 3. The summed E-state index contributed by atoms with van der Waals surface area (Å²) in [5.41, 5.74) is 8.86. The van der Waals surface area contributed by atoms with Gasteiger partial charge < -0.3 is 9.32 Å². The Morgan fingerprint density at radius 2 is 1.15 bits per heavy atom. The van der Waals surface area contributed by atoms with Crippen molar-refractivity contribution in [1.29, 1.82) is 0 Å². The van der Waals surface area contributed by atoms with E-state index >= 15 is 0 Å². The van der Waals surface area contributed by atoms with Gasteiger partial charge in [0.2, 0.25) is 0 Å². The van der Waals surface area contributed by atoms with Crippen LogP contribution in [-0.2, 0) is 0 Å². The first-order chi connectivity index (χ1) is 26.3. The van der Waals surface area contributed by atoms with Crippen LogP contribution in [0.15, 0.2) is 180 Å². The van der Waals surface area contributed by atoms with Gasteiger partial charge in [0.1, 0.15) is 11.2 Å². The number of rotatable bonds is 5. The lowest BCUT2D eigenvalue weighted by Crippen LogP contribution is -2.09. The third-order valence-electron chi connectivity index (χ3n) is 10.2. The first-order valence-corrected chi connectivity index (χ1v) is 18.6. The third-order valence-corrected chi connectivity index (χ3v) is 11.4. The SMILES string of the molecule is c1ccc(N(c2ccccc2)c2ccc3c(c2)oc2c4ccccc4c(-c4nc(-c5ccc6ccccc6c5)c5sc6ccccc6c5n4)cc32)cc1. The van der Waals surface area contributed by atoms with Crippen LogP contribution in [0.25, 0.3) is 86.4 Å². The summed E-state index contributed by atoms with van der Waals surface area (Å²) in [6, 6.07) is 61.8. The number of hydrogen-bond acceptors (Lipinski definition) is 5. The van der Waals surface area contributed by atoms with Crippen LogP contribution in [0.4, 0.5) is 17.1 Å². The summed E-state index contributed by atoms with van der Waals surface area (Å²) in [7, 11) is 0. The molecule has 8 aromatic carbocycles. The zero-order valence-electron chi connectivity index (χ0n) is 28.4. The highest BCUT2D eigenvalue weighted by Crippen LogP contribution is 2.44. The molecule has 5 heteroatoms. The van der Waals surface area contributed by atoms with E-state index in [0.29, 0.717) is 5.82 Å². The molecular formula is C48H29N3OS. The van der Waals surface area contributed by atoms with Crippen molar-refractivity contribution < 1.29 is 4.42 Å². The van der Waals surface area contributed by atoms with Crippen molar-refractivity contribution in [2.75, 3.05) is 4.90 Å². The van der Waals surface area contributed by atoms with Crippen LogP contribution in [0.3, 0.4) is 0 Å². The molecule has 0 radical (unpaired) electrons. The molecule has 248 valence electrons. The summed E-state index contributed by atoms with van der Waals surface area (Å²) in [5, 5.41) is 7.72. The molecule has 4 nitrogen and oxygen atoms in total. The highest BCUT2D eigenvalue weighted by molar-refractivity contribution is 7.26. The summed E-state index contributed by atoms with van der Waals surface area (Å²) in [4.78, 5) is 13.1. The normalized spacial score (nSPS) is 11.8. The van der Waals surface area contributed by atoms with Crippen molar-refractivity contribution in [3.05, 3.63) is 176 Å². The molecule has 0 aliphatic rings. The minimum atomic E-state index is 0.701. The Bertz CT molecular complexity index is 3150. The Morgan fingerprint density at radius 1 is 0.472 bits per heavy atom. The van der Waals surface area contributed by atoms with E-state index in [4.69, 9.17) is 14.4 Å². The first-order valence-electron chi connectivity index (χ1n) is 17.7. The second-order valence-electron chi connectivity index (χ2n) is 13.4. The lowest BCUT2D eigenvalue weighted by Gasteiger charge is -2.25. The molecule has 3 aromatic heterocycles. The largest absolute Gasteiger partial charge is 0.455 e. The second kappa shape index (κ2) is 11.9. The molecule has 0 amide bonds. The zero-order valence-corrected chi connectivity index (χ0v) is 29.2. The van der Waals surface area contributed by atoms with Crippen LogP contribution in [0, 0.1) is 0 Å². The number of nitrogens with zero attached hydrogens (tertiary/aromatic N) is 3. The molecule has 0 bridgehead atoms. The number of thiophene rings is 1. The summed E-state index contributed by atoms with van der Waals surface area (Å²) < 4.78 is 9.10. The molecule has 11 rings (SSSR count). The van der Waals surface area contributed by atoms with Gasteiger partial charge in [-0.15, -0.1) is 11.3 Å². The Balaban J connectivity index is 1.15. The van der Waals surface area contributed by atoms with Gasteiger partial charge in [-0.2, -0.15) is 0 Å². The number of para-hydroxylation sites is 2. The number of aromatic nitrogens is 2. The number of fused-ring (bicyclic) bond motifs is 9. The fourth-order valence-electron chi connectivity index (χ4n) is 7.76. The Hall–Kier alpha value is -6.82. The average molecular weight is 696 g/mol. The average Bonchev–Trinajstić information content (AvgIpc) is 3.79. The second-order valence-corrected chi connectivity index (χ2v) is 14.4. The van der Waals surface area contributed by atoms with Crippen molar-refractivity contribution in [3.8, 4) is 22.6 Å². The maximum Gasteiger partial charge on any atom is 0.161 e. The zero-order chi connectivity index (χ0) is 34.9. The van der Waals surface area contributed by atoms with Crippen molar-refractivity contribution in [2.24, 2.45) is 0 Å². The van der Waals surface area contributed by atoms with E-state index in [2.05, 4.69) is 169 Å². The van der Waals surface area contributed by atoms with Gasteiger partial charge in [0.15, 0.2) is 5.82 Å². The van der Waals surface area contributed by atoms with E-state index in [-0.39, 0.29) is 0 Å². The van der Waals surface area contributed by atoms with E-state index in [9.17, 15) is 0 Å². The highest BCUT2D eigenvalue weighted by atomic mass is 32.1. The third kappa shape index (κ3) is 4.82. The molecule has 0 N–H and O–H groups in total. The van der Waals surface area contributed by atoms with Gasteiger partial charge in [0.05, 0.1) is 15.9 Å². The molecule has 11 aromatic rings. The predicted octanol–water partition coefficient (Wildman–Crippen LogP) is 13.9. The Morgan fingerprint density at radius 3 is 1.94 bits per heavy atom. The molecule has 0 aliphatic heterocycles. The number of benzene rings is 8. The topological polar surface area (TPSA) is 42.2 Å². The standard InChI is InChI=1S/C48H29N3OS/c1-3-15-33(16-4-1)51(34-17-5-2-6-18-34)35-25-26-37-40-29-41(36-19-9-10-20-38(36)46(40)52-42(37)28-35)48-49-44(32-24-23-30-13-7-8-14-31(30)27-32)47-45(50-48)39-21-11-12-22-43(39)53-47/h1-29H. The predicted molar refractivity (Wildman–Crippen MR) is 223 cm³/mol. The first kappa shape index (κ1) is 29.9. The van der Waals surface area contributed by atoms with Gasteiger partial charge in [-0.25, -0.2) is 9.97 Å². The maximum absolute atomic E-state index is 6.80. The van der Waals surface area contributed by atoms with Gasteiger partial charge in [0.25, 0.3) is 0 Å². The molecule has 0 saturated carbocycles. The minimum absolute atomic E-state index is 0.701. The number of furan rings is 1. The van der Waals surface area contributed by atoms with E-state index < -0.39 is 0 Å². The molecular weight excluding hydrogens is 667 g/mol. The van der Waals surface area contributed by atoms with Gasteiger partial charge in [0, 0.05) is 60.5 Å². The highest BCUT2D eigenvalue weighted by Gasteiger charge is 2.21. The van der Waals surface area contributed by atoms with Crippen LogP contribution in [-0.4, -0.2) is 9.97 Å². The monoisotopic (exact) mass is 695 g/mol. The fraction of sp³-hybridized carbons (Fsp3) is 0. The van der Waals surface area contributed by atoms with Crippen LogP contribution < -0.4 is 4.90 Å². The van der Waals surface area contributed by atoms with Crippen molar-refractivity contribution in [1.82, 2.24) is 9.97 Å². The van der Waals surface area contributed by atoms with E-state index in [0.717, 1.165) is 82.2 Å². The molecule has 0 unspecified atom stereocenters. The van der Waals surface area contributed by atoms with E-state index in [1.807, 2.05) is 12.1 Å². The molecule has 0 fully saturated rings. The molecule has 0 spiro atoms. The summed E-state index contributed by atoms with van der Waals surface area (Å²) in [5.74, 6) is 0.701. The minimum Gasteiger partial charge on any atom is -0.455 e. The Kier molecular flexibility index (Phi) is 6.69. The number of hydrogen-bond donors (Lipinski definition) is 0. The quantitative estimate of drug-likeness (QED) is 0.180. The van der Waals surface area contributed by atoms with Gasteiger partial charge in [-0.05, 0) is 70.8 Å². The van der Waals surface area contributed by atoms with Gasteiger partial charge >= 0.3 is 0 Å². The smallest absolute Gasteiger partial charge is 0.161 e. The Labute approximate surface area is 308 Å². The van der Waals surface area contributed by atoms with Crippen molar-refractivity contribution in [3.63, 3.8) is 0 Å². The van der Waals surface area contributed by atoms with Gasteiger partial charge in [-0.3, -0.25) is 0 Å². The molecule has 0 aliphatic carbocycles. The van der Waals surface area contributed by atoms with E-state index in [1.165, 1.54) is 15.5 Å². The maximum atomic E-state index is 6.80. The summed E-state index contributed by atoms with van der Waals surface area (Å²) in [6.07, 6.45) is 0. The molecule has 53 heavy (non-hydrogen) atoms. The van der Waals surface area contributed by atoms with Crippen molar-refractivity contribution in [2.45, 2.75) is 0 Å². The summed E-state index contributed by atoms with van der Waals surface area (Å²) in [6.45, 7) is 0. The van der Waals surface area contributed by atoms with Gasteiger partial charge in [-0.1, -0.05) is 115 Å². The van der Waals surface area contributed by atoms with E-state index in [1.54, 1.807) is 11.3 Å². The molecule has 0 saturated heterocycles. The molecule has 0 atom stereocenters. The van der Waals surface area contributed by atoms with Crippen LogP contribution in [0.5, 0.6) is 0 Å². The van der Waals surface area contributed by atoms with Crippen LogP contribution >= 0.6 is 11.3 Å². The fourth-order valence-corrected chi connectivity index (χ4v) is 8.91. The lowest BCUT2D eigenvalue weighted by atomic mass is 9.99. The summed E-state index contributed by atoms with van der Waals surface area (Å²) >= 11 is 1.76. The lowest BCUT2D eigenvalue weighted by molar-refractivity contribution is 0.673.